The first-order valence-electron chi connectivity index (χ1n) is 13.0. The molecule has 0 aromatic heterocycles. The molecule has 10 nitrogen and oxygen atoms in total. The van der Waals surface area contributed by atoms with Crippen LogP contribution in [0.25, 0.3) is 11.1 Å². The molecule has 0 atom stereocenters. The zero-order chi connectivity index (χ0) is 28.5. The van der Waals surface area contributed by atoms with E-state index in [1.165, 1.54) is 19.2 Å². The van der Waals surface area contributed by atoms with E-state index >= 15 is 0 Å². The highest BCUT2D eigenvalue weighted by Gasteiger charge is 2.27. The minimum Gasteiger partial charge on any atom is -0.399 e. The molecule has 0 aliphatic heterocycles. The Hall–Kier alpha value is -3.95. The number of Topliss-reactive ketones (excluding diaryl/α,β-unsaturated/α-hetero) is 1. The predicted octanol–water partition coefficient (Wildman–Crippen LogP) is 7.34. The zero-order valence-electron chi connectivity index (χ0n) is 22.6. The fourth-order valence-electron chi connectivity index (χ4n) is 4.04. The Kier molecular flexibility index (Phi) is 14.8. The lowest BCUT2D eigenvalue weighted by atomic mass is 9.83. The van der Waals surface area contributed by atoms with Gasteiger partial charge >= 0.3 is 0 Å². The summed E-state index contributed by atoms with van der Waals surface area (Å²) >= 11 is 0. The Bertz CT molecular complexity index is 1090. The lowest BCUT2D eigenvalue weighted by molar-refractivity contribution is -0.393. The van der Waals surface area contributed by atoms with Crippen molar-refractivity contribution < 1.29 is 24.3 Å². The lowest BCUT2D eigenvalue weighted by Crippen LogP contribution is -2.26. The molecule has 10 heteroatoms. The molecule has 0 amide bonds. The molecule has 0 heterocycles. The third-order valence-electron chi connectivity index (χ3n) is 5.94. The Morgan fingerprint density at radius 3 is 2.13 bits per heavy atom. The number of carbonyl (C=O) groups excluding carboxylic acids is 2. The van der Waals surface area contributed by atoms with E-state index in [0.717, 1.165) is 63.7 Å². The number of carbonyl (C=O) groups is 2. The molecular formula is C28H37N3O7. The minimum absolute atomic E-state index is 0.0571. The smallest absolute Gasteiger partial charge is 0.284 e. The number of oxime groups is 1. The van der Waals surface area contributed by atoms with Crippen LogP contribution in [0.4, 0.5) is 11.4 Å². The molecular weight excluding hydrogens is 490 g/mol. The topological polar surface area (TPSA) is 142 Å². The molecule has 1 aliphatic carbocycles. The number of rotatable bonds is 10. The average Bonchev–Trinajstić information content (AvgIpc) is 2.96. The van der Waals surface area contributed by atoms with Gasteiger partial charge in [0, 0.05) is 24.0 Å². The van der Waals surface area contributed by atoms with Crippen LogP contribution in [-0.2, 0) is 9.63 Å². The van der Waals surface area contributed by atoms with Crippen LogP contribution in [0.1, 0.15) is 82.5 Å². The van der Waals surface area contributed by atoms with Gasteiger partial charge in [0.05, 0.1) is 21.5 Å². The molecule has 1 fully saturated rings. The van der Waals surface area contributed by atoms with E-state index in [1.807, 2.05) is 13.8 Å². The quantitative estimate of drug-likeness (QED) is 0.0785. The lowest BCUT2D eigenvalue weighted by Gasteiger charge is -2.22. The van der Waals surface area contributed by atoms with Gasteiger partial charge in [0.2, 0.25) is 5.78 Å². The van der Waals surface area contributed by atoms with Crippen LogP contribution in [0.15, 0.2) is 47.6 Å². The van der Waals surface area contributed by atoms with Gasteiger partial charge in [0.1, 0.15) is 19.1 Å². The van der Waals surface area contributed by atoms with Gasteiger partial charge < -0.3 is 9.63 Å². The molecule has 1 saturated carbocycles. The summed E-state index contributed by atoms with van der Waals surface area (Å²) in [7, 11) is 1.41. The molecule has 38 heavy (non-hydrogen) atoms. The summed E-state index contributed by atoms with van der Waals surface area (Å²) in [5.41, 5.74) is 0.798. The summed E-state index contributed by atoms with van der Waals surface area (Å²) in [6.07, 6.45) is 8.88. The molecule has 0 spiro atoms. The zero-order valence-corrected chi connectivity index (χ0v) is 22.6. The van der Waals surface area contributed by atoms with Crippen molar-refractivity contribution in [2.75, 3.05) is 7.11 Å². The second kappa shape index (κ2) is 17.5. The van der Waals surface area contributed by atoms with Crippen molar-refractivity contribution >= 4 is 29.2 Å². The summed E-state index contributed by atoms with van der Waals surface area (Å²) in [4.78, 5) is 48.4. The van der Waals surface area contributed by atoms with Crippen LogP contribution in [0, 0.1) is 26.1 Å². The Morgan fingerprint density at radius 1 is 1.03 bits per heavy atom. The molecule has 0 radical (unpaired) electrons. The second-order valence-electron chi connectivity index (χ2n) is 8.43. The largest absolute Gasteiger partial charge is 0.399 e. The average molecular weight is 528 g/mol. The summed E-state index contributed by atoms with van der Waals surface area (Å²) in [5.74, 6) is -0.171. The number of hydrogen-bond donors (Lipinski definition) is 0. The van der Waals surface area contributed by atoms with Crippen LogP contribution in [0.5, 0.6) is 0 Å². The Balaban J connectivity index is 0.000000795. The van der Waals surface area contributed by atoms with Crippen molar-refractivity contribution in [3.05, 3.63) is 68.3 Å². The number of nitrogens with zero attached hydrogens (tertiary/aromatic N) is 3. The van der Waals surface area contributed by atoms with Crippen LogP contribution >= 0.6 is 0 Å². The molecule has 3 rings (SSSR count). The molecule has 1 aliphatic rings. The van der Waals surface area contributed by atoms with Crippen LogP contribution < -0.4 is 0 Å². The summed E-state index contributed by atoms with van der Waals surface area (Å²) < 4.78 is 0. The fraction of sp³-hybridized carbons (Fsp3) is 0.464. The third-order valence-corrected chi connectivity index (χ3v) is 5.94. The highest BCUT2D eigenvalue weighted by Crippen LogP contribution is 2.33. The standard InChI is InChI=1S/C21H21N3O6.C5H10O.C2H6/c1-30-22-20(15-5-3-2-4-6-15)21(25)16-9-7-14(8-10-16)18-12-11-17(23(26)27)13-19(18)24(28)29;1-2-3-4-5-6;1-2/h7-13,15H,2-6H2,1H3;5H,2-4H2,1H3;1-2H3/b22-20-;;. The van der Waals surface area contributed by atoms with E-state index < -0.39 is 9.85 Å². The molecule has 0 bridgehead atoms. The number of nitro benzene ring substituents is 2. The number of nitro groups is 2. The fourth-order valence-corrected chi connectivity index (χ4v) is 4.04. The molecule has 2 aromatic carbocycles. The second-order valence-corrected chi connectivity index (χ2v) is 8.43. The van der Waals surface area contributed by atoms with Crippen LogP contribution in [0.3, 0.4) is 0 Å². The Morgan fingerprint density at radius 2 is 1.66 bits per heavy atom. The van der Waals surface area contributed by atoms with E-state index in [4.69, 9.17) is 4.84 Å². The SMILES string of the molecule is CC.CCCCC=O.CO/N=C(\C(=O)c1ccc(-c2ccc([N+](=O)[O-])cc2[N+](=O)[O-])cc1)C1CCCCC1. The van der Waals surface area contributed by atoms with Crippen molar-refractivity contribution in [3.8, 4) is 11.1 Å². The van der Waals surface area contributed by atoms with Crippen molar-refractivity contribution in [2.45, 2.75) is 72.1 Å². The third kappa shape index (κ3) is 9.49. The number of unbranched alkanes of at least 4 members (excludes halogenated alkanes) is 2. The van der Waals surface area contributed by atoms with Gasteiger partial charge in [0.15, 0.2) is 0 Å². The predicted molar refractivity (Wildman–Crippen MR) is 147 cm³/mol. The summed E-state index contributed by atoms with van der Waals surface area (Å²) in [6.45, 7) is 6.07. The highest BCUT2D eigenvalue weighted by molar-refractivity contribution is 6.46. The maximum absolute atomic E-state index is 13.0. The van der Waals surface area contributed by atoms with Crippen molar-refractivity contribution in [3.63, 3.8) is 0 Å². The van der Waals surface area contributed by atoms with Crippen LogP contribution in [0.2, 0.25) is 0 Å². The number of ketones is 1. The molecule has 0 unspecified atom stereocenters. The molecule has 2 aromatic rings. The van der Waals surface area contributed by atoms with Gasteiger partial charge in [0.25, 0.3) is 11.4 Å². The van der Waals surface area contributed by atoms with Gasteiger partial charge in [-0.1, -0.05) is 75.9 Å². The van der Waals surface area contributed by atoms with E-state index in [2.05, 4.69) is 12.1 Å². The maximum Gasteiger partial charge on any atom is 0.284 e. The van der Waals surface area contributed by atoms with E-state index in [9.17, 15) is 29.8 Å². The first kappa shape index (κ1) is 32.1. The number of non-ortho nitro benzene ring substituents is 1. The van der Waals surface area contributed by atoms with Gasteiger partial charge in [-0.3, -0.25) is 25.0 Å². The van der Waals surface area contributed by atoms with E-state index in [0.29, 0.717) is 16.8 Å². The van der Waals surface area contributed by atoms with Gasteiger partial charge in [-0.15, -0.1) is 0 Å². The van der Waals surface area contributed by atoms with E-state index in [-0.39, 0.29) is 28.6 Å². The van der Waals surface area contributed by atoms with Crippen molar-refractivity contribution in [2.24, 2.45) is 11.1 Å². The Labute approximate surface area is 223 Å². The molecule has 206 valence electrons. The number of hydrogen-bond acceptors (Lipinski definition) is 8. The molecule has 0 saturated heterocycles. The monoisotopic (exact) mass is 527 g/mol. The normalized spacial score (nSPS) is 13.2. The van der Waals surface area contributed by atoms with Gasteiger partial charge in [-0.2, -0.15) is 0 Å². The van der Waals surface area contributed by atoms with Crippen molar-refractivity contribution in [1.29, 1.82) is 0 Å². The molecule has 0 N–H and O–H groups in total. The van der Waals surface area contributed by atoms with Gasteiger partial charge in [-0.05, 0) is 30.9 Å². The van der Waals surface area contributed by atoms with Gasteiger partial charge in [-0.25, -0.2) is 0 Å². The first-order chi connectivity index (χ1) is 18.3. The number of aldehydes is 1. The van der Waals surface area contributed by atoms with Crippen LogP contribution in [-0.4, -0.2) is 34.7 Å². The summed E-state index contributed by atoms with van der Waals surface area (Å²) in [5, 5.41) is 26.3. The minimum atomic E-state index is -0.680. The maximum atomic E-state index is 13.0. The first-order valence-corrected chi connectivity index (χ1v) is 13.0. The summed E-state index contributed by atoms with van der Waals surface area (Å²) in [6, 6.07) is 9.83. The van der Waals surface area contributed by atoms with E-state index in [1.54, 1.807) is 24.3 Å². The number of benzene rings is 2. The van der Waals surface area contributed by atoms with Crippen molar-refractivity contribution in [1.82, 2.24) is 0 Å². The highest BCUT2D eigenvalue weighted by atomic mass is 16.6.